The molecule has 0 aliphatic rings. The Morgan fingerprint density at radius 1 is 0.778 bits per heavy atom. The Kier molecular flexibility index (Phi) is 12.7. The van der Waals surface area contributed by atoms with Gasteiger partial charge >= 0.3 is 0 Å². The van der Waals surface area contributed by atoms with Crippen LogP contribution in [0.1, 0.15) is 96.5 Å². The molecule has 0 fully saturated rings. The molecule has 0 heterocycles. The van der Waals surface area contributed by atoms with Gasteiger partial charge in [-0.15, -0.1) is 0 Å². The lowest BCUT2D eigenvalue weighted by Gasteiger charge is -2.17. The van der Waals surface area contributed by atoms with E-state index in [4.69, 9.17) is 4.18 Å². The third-order valence-corrected chi connectivity index (χ3v) is 6.50. The van der Waals surface area contributed by atoms with Gasteiger partial charge in [0.15, 0.2) is 0 Å². The predicted molar refractivity (Wildman–Crippen MR) is 115 cm³/mol. The normalized spacial score (nSPS) is 13.0. The fourth-order valence-electron chi connectivity index (χ4n) is 3.34. The number of aryl methyl sites for hydroxylation is 1. The first-order valence-electron chi connectivity index (χ1n) is 11.0. The molecule has 0 radical (unpaired) electrons. The van der Waals surface area contributed by atoms with Gasteiger partial charge in [0.25, 0.3) is 10.1 Å². The highest BCUT2D eigenvalue weighted by molar-refractivity contribution is 7.86. The second kappa shape index (κ2) is 14.2. The van der Waals surface area contributed by atoms with Crippen LogP contribution in [-0.4, -0.2) is 15.0 Å². The summed E-state index contributed by atoms with van der Waals surface area (Å²) in [5, 5.41) is 0. The van der Waals surface area contributed by atoms with Crippen LogP contribution in [0.25, 0.3) is 0 Å². The third-order valence-electron chi connectivity index (χ3n) is 5.20. The minimum Gasteiger partial charge on any atom is -0.266 e. The number of hydrogen-bond acceptors (Lipinski definition) is 3. The average Bonchev–Trinajstić information content (AvgIpc) is 2.65. The number of benzene rings is 1. The third kappa shape index (κ3) is 10.9. The Morgan fingerprint density at radius 3 is 1.81 bits per heavy atom. The molecule has 1 unspecified atom stereocenters. The summed E-state index contributed by atoms with van der Waals surface area (Å²) in [6.07, 6.45) is 14.6. The van der Waals surface area contributed by atoms with Crippen molar-refractivity contribution in [1.29, 1.82) is 0 Å². The fourth-order valence-corrected chi connectivity index (χ4v) is 4.32. The molecule has 4 heteroatoms. The van der Waals surface area contributed by atoms with Crippen LogP contribution in [0, 0.1) is 12.8 Å². The molecule has 27 heavy (non-hydrogen) atoms. The quantitative estimate of drug-likeness (QED) is 0.222. The molecule has 156 valence electrons. The first-order valence-corrected chi connectivity index (χ1v) is 12.4. The van der Waals surface area contributed by atoms with Gasteiger partial charge in [-0.25, -0.2) is 0 Å². The van der Waals surface area contributed by atoms with Crippen LogP contribution in [0.15, 0.2) is 29.2 Å². The molecule has 0 bridgehead atoms. The van der Waals surface area contributed by atoms with E-state index in [2.05, 4.69) is 13.8 Å². The first-order chi connectivity index (χ1) is 13.0. The maximum atomic E-state index is 12.5. The van der Waals surface area contributed by atoms with Crippen molar-refractivity contribution in [1.82, 2.24) is 0 Å². The molecule has 0 saturated heterocycles. The predicted octanol–water partition coefficient (Wildman–Crippen LogP) is 7.04. The molecule has 0 aromatic heterocycles. The van der Waals surface area contributed by atoms with Crippen LogP contribution < -0.4 is 0 Å². The molecule has 1 atom stereocenters. The van der Waals surface area contributed by atoms with Crippen LogP contribution in [0.5, 0.6) is 0 Å². The molecule has 1 aromatic rings. The maximum absolute atomic E-state index is 12.5. The van der Waals surface area contributed by atoms with Crippen molar-refractivity contribution in [3.05, 3.63) is 29.8 Å². The molecule has 0 aliphatic carbocycles. The maximum Gasteiger partial charge on any atom is 0.296 e. The minimum atomic E-state index is -3.65. The van der Waals surface area contributed by atoms with E-state index in [0.717, 1.165) is 18.4 Å². The summed E-state index contributed by atoms with van der Waals surface area (Å²) in [6, 6.07) is 6.90. The molecule has 3 nitrogen and oxygen atoms in total. The van der Waals surface area contributed by atoms with Gasteiger partial charge in [-0.05, 0) is 37.8 Å². The lowest BCUT2D eigenvalue weighted by Crippen LogP contribution is -2.15. The second-order valence-electron chi connectivity index (χ2n) is 7.82. The standard InChI is InChI=1S/C23H40O3S/c1-4-6-8-10-11-13-15-22(14-12-9-7-5-2)20-26-27(24,25)23-18-16-21(3)17-19-23/h16-19,22H,4-15,20H2,1-3H3. The number of rotatable bonds is 16. The molecular formula is C23H40O3S. The minimum absolute atomic E-state index is 0.261. The Labute approximate surface area is 168 Å². The van der Waals surface area contributed by atoms with Gasteiger partial charge < -0.3 is 0 Å². The highest BCUT2D eigenvalue weighted by Gasteiger charge is 2.18. The van der Waals surface area contributed by atoms with E-state index in [-0.39, 0.29) is 4.90 Å². The van der Waals surface area contributed by atoms with Crippen LogP contribution in [0.4, 0.5) is 0 Å². The summed E-state index contributed by atoms with van der Waals surface area (Å²) < 4.78 is 30.3. The van der Waals surface area contributed by atoms with Crippen LogP contribution in [0.2, 0.25) is 0 Å². The van der Waals surface area contributed by atoms with Crippen molar-refractivity contribution < 1.29 is 12.6 Å². The summed E-state index contributed by atoms with van der Waals surface area (Å²) in [6.45, 7) is 6.71. The molecule has 0 saturated carbocycles. The van der Waals surface area contributed by atoms with Crippen LogP contribution >= 0.6 is 0 Å². The highest BCUT2D eigenvalue weighted by atomic mass is 32.2. The van der Waals surface area contributed by atoms with E-state index in [1.165, 1.54) is 64.2 Å². The van der Waals surface area contributed by atoms with Gasteiger partial charge in [0.2, 0.25) is 0 Å². The zero-order valence-electron chi connectivity index (χ0n) is 17.7. The van der Waals surface area contributed by atoms with Gasteiger partial charge in [-0.3, -0.25) is 4.18 Å². The van der Waals surface area contributed by atoms with Crippen molar-refractivity contribution in [3.63, 3.8) is 0 Å². The fraction of sp³-hybridized carbons (Fsp3) is 0.739. The summed E-state index contributed by atoms with van der Waals surface area (Å²) in [7, 11) is -3.65. The van der Waals surface area contributed by atoms with Crippen LogP contribution in [0.3, 0.4) is 0 Å². The van der Waals surface area contributed by atoms with Crippen molar-refractivity contribution in [3.8, 4) is 0 Å². The smallest absolute Gasteiger partial charge is 0.266 e. The molecule has 1 rings (SSSR count). The van der Waals surface area contributed by atoms with Gasteiger partial charge in [0, 0.05) is 0 Å². The zero-order valence-corrected chi connectivity index (χ0v) is 18.5. The van der Waals surface area contributed by atoms with Crippen molar-refractivity contribution in [2.24, 2.45) is 5.92 Å². The molecule has 0 amide bonds. The Bertz CT molecular complexity index is 578. The monoisotopic (exact) mass is 396 g/mol. The summed E-state index contributed by atoms with van der Waals surface area (Å²) >= 11 is 0. The van der Waals surface area contributed by atoms with Gasteiger partial charge in [-0.1, -0.05) is 95.8 Å². The molecular weight excluding hydrogens is 356 g/mol. The second-order valence-corrected chi connectivity index (χ2v) is 9.44. The van der Waals surface area contributed by atoms with Gasteiger partial charge in [-0.2, -0.15) is 8.42 Å². The van der Waals surface area contributed by atoms with E-state index in [1.807, 2.05) is 19.1 Å². The number of unbranched alkanes of at least 4 members (excludes halogenated alkanes) is 8. The molecule has 0 N–H and O–H groups in total. The van der Waals surface area contributed by atoms with Gasteiger partial charge in [0.1, 0.15) is 0 Å². The Morgan fingerprint density at radius 2 is 1.26 bits per heavy atom. The SMILES string of the molecule is CCCCCCCCC(CCCCCC)COS(=O)(=O)c1ccc(C)cc1. The Hall–Kier alpha value is -0.870. The van der Waals surface area contributed by atoms with Crippen molar-refractivity contribution in [2.45, 2.75) is 103 Å². The summed E-state index contributed by atoms with van der Waals surface area (Å²) in [4.78, 5) is 0.261. The van der Waals surface area contributed by atoms with Gasteiger partial charge in [0.05, 0.1) is 11.5 Å². The van der Waals surface area contributed by atoms with E-state index < -0.39 is 10.1 Å². The topological polar surface area (TPSA) is 43.4 Å². The lowest BCUT2D eigenvalue weighted by atomic mass is 9.95. The first kappa shape index (κ1) is 24.2. The lowest BCUT2D eigenvalue weighted by molar-refractivity contribution is 0.229. The molecule has 1 aromatic carbocycles. The summed E-state index contributed by atoms with van der Waals surface area (Å²) in [5.41, 5.74) is 1.05. The van der Waals surface area contributed by atoms with E-state index in [0.29, 0.717) is 12.5 Å². The zero-order chi connectivity index (χ0) is 20.0. The Balaban J connectivity index is 2.49. The van der Waals surface area contributed by atoms with E-state index in [9.17, 15) is 8.42 Å². The van der Waals surface area contributed by atoms with E-state index in [1.54, 1.807) is 12.1 Å². The van der Waals surface area contributed by atoms with Crippen molar-refractivity contribution in [2.75, 3.05) is 6.61 Å². The highest BCUT2D eigenvalue weighted by Crippen LogP contribution is 2.22. The largest absolute Gasteiger partial charge is 0.296 e. The van der Waals surface area contributed by atoms with Crippen LogP contribution in [-0.2, 0) is 14.3 Å². The molecule has 0 spiro atoms. The average molecular weight is 397 g/mol. The summed E-state index contributed by atoms with van der Waals surface area (Å²) in [5.74, 6) is 0.341. The molecule has 0 aliphatic heterocycles. The van der Waals surface area contributed by atoms with E-state index >= 15 is 0 Å². The number of hydrogen-bond donors (Lipinski definition) is 0. The van der Waals surface area contributed by atoms with Crippen molar-refractivity contribution >= 4 is 10.1 Å².